The number of thiazole rings is 1. The molecule has 1 aromatic heterocycles. The van der Waals surface area contributed by atoms with Gasteiger partial charge >= 0.3 is 5.13 Å². The quantitative estimate of drug-likeness (QED) is 0.566. The SMILES string of the molecule is Nc1[nH+]c2c(s1)Cc1cc(-c3cccc(Cl)c3)ccc1-2. The lowest BCUT2D eigenvalue weighted by Gasteiger charge is -2.05. The molecule has 3 N–H and O–H groups in total. The highest BCUT2D eigenvalue weighted by Gasteiger charge is 2.25. The van der Waals surface area contributed by atoms with E-state index in [9.17, 15) is 0 Å². The van der Waals surface area contributed by atoms with Crippen LogP contribution in [0.25, 0.3) is 22.4 Å². The van der Waals surface area contributed by atoms with Crippen LogP contribution in [0.2, 0.25) is 5.02 Å². The predicted octanol–water partition coefficient (Wildman–Crippen LogP) is 4.04. The predicted molar refractivity (Wildman–Crippen MR) is 84.0 cm³/mol. The fourth-order valence-electron chi connectivity index (χ4n) is 2.75. The van der Waals surface area contributed by atoms with Gasteiger partial charge in [0.1, 0.15) is 5.69 Å². The second kappa shape index (κ2) is 4.33. The summed E-state index contributed by atoms with van der Waals surface area (Å²) in [5.74, 6) is 0. The van der Waals surface area contributed by atoms with Gasteiger partial charge in [0.05, 0.1) is 4.88 Å². The van der Waals surface area contributed by atoms with Crippen LogP contribution in [0.15, 0.2) is 42.5 Å². The molecule has 1 heterocycles. The molecule has 0 atom stereocenters. The van der Waals surface area contributed by atoms with Gasteiger partial charge in [-0.1, -0.05) is 47.2 Å². The second-order valence-electron chi connectivity index (χ2n) is 4.95. The number of H-pyrrole nitrogens is 1. The van der Waals surface area contributed by atoms with Gasteiger partial charge in [-0.15, -0.1) is 0 Å². The minimum Gasteiger partial charge on any atom is -0.278 e. The number of anilines is 1. The van der Waals surface area contributed by atoms with Crippen molar-refractivity contribution in [3.8, 4) is 22.4 Å². The number of nitrogen functional groups attached to an aromatic ring is 1. The summed E-state index contributed by atoms with van der Waals surface area (Å²) in [5, 5.41) is 1.54. The topological polar surface area (TPSA) is 40.2 Å². The first kappa shape index (κ1) is 11.9. The summed E-state index contributed by atoms with van der Waals surface area (Å²) in [7, 11) is 0. The molecular formula is C16H12ClN2S+. The Kier molecular flexibility index (Phi) is 2.59. The lowest BCUT2D eigenvalue weighted by atomic mass is 10.0. The molecule has 1 aliphatic carbocycles. The normalized spacial score (nSPS) is 12.2. The highest BCUT2D eigenvalue weighted by atomic mass is 35.5. The Hall–Kier alpha value is -1.84. The lowest BCUT2D eigenvalue weighted by Crippen LogP contribution is -2.06. The standard InChI is InChI=1S/C16H11ClN2S/c17-12-3-1-2-9(7-12)10-4-5-13-11(6-10)8-14-15(13)19-16(18)20-14/h1-7H,8H2,(H2,18,19)/p+1. The number of aromatic nitrogens is 1. The Bertz CT molecular complexity index is 823. The van der Waals surface area contributed by atoms with E-state index in [2.05, 4.69) is 29.2 Å². The van der Waals surface area contributed by atoms with Crippen LogP contribution in [0.4, 0.5) is 5.13 Å². The molecule has 3 aromatic rings. The summed E-state index contributed by atoms with van der Waals surface area (Å²) in [4.78, 5) is 4.58. The van der Waals surface area contributed by atoms with E-state index in [1.807, 2.05) is 18.2 Å². The molecule has 0 aliphatic heterocycles. The lowest BCUT2D eigenvalue weighted by molar-refractivity contribution is -0.340. The molecule has 2 aromatic carbocycles. The number of rotatable bonds is 1. The summed E-state index contributed by atoms with van der Waals surface area (Å²) >= 11 is 7.71. The van der Waals surface area contributed by atoms with Crippen LogP contribution in [0.1, 0.15) is 10.4 Å². The van der Waals surface area contributed by atoms with E-state index in [4.69, 9.17) is 17.3 Å². The van der Waals surface area contributed by atoms with Crippen molar-refractivity contribution >= 4 is 28.1 Å². The summed E-state index contributed by atoms with van der Waals surface area (Å²) in [6, 6.07) is 14.5. The van der Waals surface area contributed by atoms with Crippen LogP contribution >= 0.6 is 22.9 Å². The van der Waals surface area contributed by atoms with Gasteiger partial charge in [0.15, 0.2) is 0 Å². The minimum absolute atomic E-state index is 0.767. The number of hydrogen-bond donors (Lipinski definition) is 1. The zero-order valence-electron chi connectivity index (χ0n) is 10.6. The van der Waals surface area contributed by atoms with E-state index in [1.165, 1.54) is 27.3 Å². The molecule has 0 spiro atoms. The Morgan fingerprint density at radius 2 is 1.95 bits per heavy atom. The molecule has 1 aliphatic rings. The molecular weight excluding hydrogens is 288 g/mol. The van der Waals surface area contributed by atoms with E-state index in [0.29, 0.717) is 0 Å². The van der Waals surface area contributed by atoms with Crippen LogP contribution in [0.5, 0.6) is 0 Å². The van der Waals surface area contributed by atoms with E-state index < -0.39 is 0 Å². The summed E-state index contributed by atoms with van der Waals surface area (Å²) in [5.41, 5.74) is 12.0. The van der Waals surface area contributed by atoms with Crippen molar-refractivity contribution in [1.29, 1.82) is 0 Å². The number of halogens is 1. The summed E-state index contributed by atoms with van der Waals surface area (Å²) < 4.78 is 0. The molecule has 20 heavy (non-hydrogen) atoms. The maximum Gasteiger partial charge on any atom is 0.330 e. The van der Waals surface area contributed by atoms with Gasteiger partial charge < -0.3 is 0 Å². The molecule has 0 unspecified atom stereocenters. The number of hydrogen-bond acceptors (Lipinski definition) is 2. The second-order valence-corrected chi connectivity index (χ2v) is 6.52. The molecule has 2 nitrogen and oxygen atoms in total. The van der Waals surface area contributed by atoms with Crippen molar-refractivity contribution in [2.75, 3.05) is 5.73 Å². The largest absolute Gasteiger partial charge is 0.330 e. The number of fused-ring (bicyclic) bond motifs is 3. The van der Waals surface area contributed by atoms with Crippen LogP contribution in [-0.4, -0.2) is 0 Å². The monoisotopic (exact) mass is 299 g/mol. The Morgan fingerprint density at radius 1 is 1.10 bits per heavy atom. The third kappa shape index (κ3) is 1.82. The molecule has 0 bridgehead atoms. The van der Waals surface area contributed by atoms with Crippen molar-refractivity contribution < 1.29 is 4.98 Å². The molecule has 0 amide bonds. The zero-order valence-corrected chi connectivity index (χ0v) is 12.2. The van der Waals surface area contributed by atoms with Crippen molar-refractivity contribution in [2.45, 2.75) is 6.42 Å². The van der Waals surface area contributed by atoms with E-state index >= 15 is 0 Å². The third-order valence-corrected chi connectivity index (χ3v) is 4.80. The average Bonchev–Trinajstić information content (AvgIpc) is 2.93. The van der Waals surface area contributed by atoms with Crippen molar-refractivity contribution in [2.24, 2.45) is 0 Å². The van der Waals surface area contributed by atoms with Gasteiger partial charge in [-0.25, -0.2) is 4.98 Å². The van der Waals surface area contributed by atoms with E-state index in [1.54, 1.807) is 11.3 Å². The van der Waals surface area contributed by atoms with Gasteiger partial charge in [-0.3, -0.25) is 5.73 Å². The van der Waals surface area contributed by atoms with E-state index in [-0.39, 0.29) is 0 Å². The number of aromatic amines is 1. The maximum atomic E-state index is 6.07. The molecule has 0 fully saturated rings. The molecule has 0 saturated carbocycles. The first-order chi connectivity index (χ1) is 9.70. The van der Waals surface area contributed by atoms with Gasteiger partial charge in [0.25, 0.3) is 0 Å². The van der Waals surface area contributed by atoms with Crippen molar-refractivity contribution in [3.05, 3.63) is 57.9 Å². The molecule has 4 heteroatoms. The minimum atomic E-state index is 0.767. The van der Waals surface area contributed by atoms with Gasteiger partial charge in [0.2, 0.25) is 0 Å². The fourth-order valence-corrected chi connectivity index (χ4v) is 3.85. The molecule has 0 saturated heterocycles. The molecule has 4 rings (SSSR count). The van der Waals surface area contributed by atoms with E-state index in [0.717, 1.165) is 22.1 Å². The highest BCUT2D eigenvalue weighted by Crippen LogP contribution is 2.39. The summed E-state index contributed by atoms with van der Waals surface area (Å²) in [6.07, 6.45) is 0.956. The van der Waals surface area contributed by atoms with Crippen molar-refractivity contribution in [1.82, 2.24) is 0 Å². The van der Waals surface area contributed by atoms with Gasteiger partial charge in [0, 0.05) is 17.0 Å². The highest BCUT2D eigenvalue weighted by molar-refractivity contribution is 7.15. The first-order valence-corrected chi connectivity index (χ1v) is 7.60. The number of nitrogens with two attached hydrogens (primary N) is 1. The Labute approximate surface area is 125 Å². The molecule has 98 valence electrons. The Morgan fingerprint density at radius 3 is 2.80 bits per heavy atom. The van der Waals surface area contributed by atoms with Crippen molar-refractivity contribution in [3.63, 3.8) is 0 Å². The maximum absolute atomic E-state index is 6.07. The number of nitrogens with one attached hydrogen (secondary N) is 1. The number of benzene rings is 2. The van der Waals surface area contributed by atoms with Crippen LogP contribution in [0.3, 0.4) is 0 Å². The van der Waals surface area contributed by atoms with Gasteiger partial charge in [-0.05, 0) is 34.9 Å². The van der Waals surface area contributed by atoms with Crippen LogP contribution in [0, 0.1) is 0 Å². The third-order valence-electron chi connectivity index (χ3n) is 3.64. The van der Waals surface area contributed by atoms with Crippen LogP contribution < -0.4 is 10.7 Å². The fraction of sp³-hybridized carbons (Fsp3) is 0.0625. The van der Waals surface area contributed by atoms with Gasteiger partial charge in [-0.2, -0.15) is 0 Å². The molecule has 0 radical (unpaired) electrons. The smallest absolute Gasteiger partial charge is 0.278 e. The van der Waals surface area contributed by atoms with Crippen LogP contribution in [-0.2, 0) is 6.42 Å². The summed E-state index contributed by atoms with van der Waals surface area (Å²) in [6.45, 7) is 0. The first-order valence-electron chi connectivity index (χ1n) is 6.40. The average molecular weight is 300 g/mol. The zero-order chi connectivity index (χ0) is 13.7. The Balaban J connectivity index is 1.81.